The monoisotopic (exact) mass is 287 g/mol. The van der Waals surface area contributed by atoms with E-state index in [0.717, 1.165) is 0 Å². The average Bonchev–Trinajstić information content (AvgIpc) is 2.47. The third-order valence-corrected chi connectivity index (χ3v) is 3.11. The van der Waals surface area contributed by atoms with Crippen LogP contribution in [-0.2, 0) is 0 Å². The molecular weight excluding hydrogens is 270 g/mol. The van der Waals surface area contributed by atoms with Crippen molar-refractivity contribution in [3.8, 4) is 11.5 Å². The topological polar surface area (TPSA) is 73.3 Å². The van der Waals surface area contributed by atoms with Crippen molar-refractivity contribution in [2.24, 2.45) is 0 Å². The summed E-state index contributed by atoms with van der Waals surface area (Å²) in [6, 6.07) is 5.19. The summed E-state index contributed by atoms with van der Waals surface area (Å²) in [5.41, 5.74) is 2.25. The lowest BCUT2D eigenvalue weighted by molar-refractivity contribution is 0.102. The number of ether oxygens (including phenoxy) is 2. The van der Waals surface area contributed by atoms with Crippen LogP contribution in [0.25, 0.3) is 0 Å². The number of carbonyl (C=O) groups is 1. The molecule has 2 aromatic rings. The quantitative estimate of drug-likeness (QED) is 0.934. The Balaban J connectivity index is 2.35. The second kappa shape index (κ2) is 6.21. The highest BCUT2D eigenvalue weighted by atomic mass is 16.5. The minimum atomic E-state index is -0.280. The molecule has 110 valence electrons. The summed E-state index contributed by atoms with van der Waals surface area (Å²) in [6.45, 7) is 3.54. The number of hydrogen-bond acceptors (Lipinski definition) is 5. The third kappa shape index (κ3) is 3.10. The first-order chi connectivity index (χ1) is 10.1. The molecule has 1 heterocycles. The number of benzene rings is 1. The average molecular weight is 287 g/mol. The van der Waals surface area contributed by atoms with Gasteiger partial charge in [-0.2, -0.15) is 0 Å². The van der Waals surface area contributed by atoms with Crippen LogP contribution in [0.2, 0.25) is 0 Å². The van der Waals surface area contributed by atoms with Gasteiger partial charge in [0.05, 0.1) is 36.9 Å². The van der Waals surface area contributed by atoms with Crippen molar-refractivity contribution in [2.75, 3.05) is 19.5 Å². The maximum Gasteiger partial charge on any atom is 0.259 e. The van der Waals surface area contributed by atoms with Crippen LogP contribution < -0.4 is 14.8 Å². The third-order valence-electron chi connectivity index (χ3n) is 3.11. The summed E-state index contributed by atoms with van der Waals surface area (Å²) in [4.78, 5) is 20.5. The molecular formula is C15H17N3O3. The molecule has 1 aromatic carbocycles. The van der Waals surface area contributed by atoms with E-state index in [9.17, 15) is 4.79 Å². The molecule has 0 atom stereocenters. The Morgan fingerprint density at radius 2 is 1.76 bits per heavy atom. The summed E-state index contributed by atoms with van der Waals surface area (Å²) in [6.07, 6.45) is 1.44. The first-order valence-corrected chi connectivity index (χ1v) is 6.38. The van der Waals surface area contributed by atoms with Crippen LogP contribution >= 0.6 is 0 Å². The molecule has 2 rings (SSSR count). The molecule has 0 aliphatic heterocycles. The van der Waals surface area contributed by atoms with Crippen LogP contribution in [0.15, 0.2) is 24.5 Å². The SMILES string of the molecule is COc1ccc(OC)c(NC(=O)c2c(C)ncnc2C)c1. The van der Waals surface area contributed by atoms with E-state index in [1.165, 1.54) is 6.33 Å². The number of amides is 1. The van der Waals surface area contributed by atoms with Crippen LogP contribution in [0, 0.1) is 13.8 Å². The van der Waals surface area contributed by atoms with Crippen LogP contribution in [0.4, 0.5) is 5.69 Å². The van der Waals surface area contributed by atoms with Crippen molar-refractivity contribution in [3.05, 3.63) is 41.5 Å². The first kappa shape index (κ1) is 14.8. The van der Waals surface area contributed by atoms with Crippen LogP contribution in [0.1, 0.15) is 21.7 Å². The van der Waals surface area contributed by atoms with E-state index >= 15 is 0 Å². The summed E-state index contributed by atoms with van der Waals surface area (Å²) >= 11 is 0. The lowest BCUT2D eigenvalue weighted by Gasteiger charge is -2.13. The van der Waals surface area contributed by atoms with Gasteiger partial charge in [0.15, 0.2) is 0 Å². The van der Waals surface area contributed by atoms with Gasteiger partial charge in [-0.05, 0) is 26.0 Å². The molecule has 21 heavy (non-hydrogen) atoms. The second-order valence-corrected chi connectivity index (χ2v) is 4.44. The number of hydrogen-bond donors (Lipinski definition) is 1. The number of rotatable bonds is 4. The van der Waals surface area contributed by atoms with E-state index in [-0.39, 0.29) is 5.91 Å². The zero-order valence-electron chi connectivity index (χ0n) is 12.4. The van der Waals surface area contributed by atoms with E-state index in [4.69, 9.17) is 9.47 Å². The molecule has 1 amide bonds. The Morgan fingerprint density at radius 3 is 2.33 bits per heavy atom. The highest BCUT2D eigenvalue weighted by Gasteiger charge is 2.16. The molecule has 0 saturated heterocycles. The predicted molar refractivity (Wildman–Crippen MR) is 79.0 cm³/mol. The predicted octanol–water partition coefficient (Wildman–Crippen LogP) is 2.36. The zero-order valence-corrected chi connectivity index (χ0v) is 12.4. The standard InChI is InChI=1S/C15H17N3O3/c1-9-14(10(2)17-8-16-9)15(19)18-12-7-11(20-3)5-6-13(12)21-4/h5-8H,1-4H3,(H,18,19). The number of nitrogens with one attached hydrogen (secondary N) is 1. The van der Waals surface area contributed by atoms with E-state index in [0.29, 0.717) is 34.1 Å². The maximum atomic E-state index is 12.4. The fraction of sp³-hybridized carbons (Fsp3) is 0.267. The minimum absolute atomic E-state index is 0.280. The first-order valence-electron chi connectivity index (χ1n) is 6.38. The Hall–Kier alpha value is -2.63. The van der Waals surface area contributed by atoms with Gasteiger partial charge in [0.1, 0.15) is 17.8 Å². The Morgan fingerprint density at radius 1 is 1.10 bits per heavy atom. The lowest BCUT2D eigenvalue weighted by Crippen LogP contribution is -2.17. The number of aryl methyl sites for hydroxylation is 2. The summed E-state index contributed by atoms with van der Waals surface area (Å²) in [7, 11) is 3.10. The van der Waals surface area contributed by atoms with Gasteiger partial charge in [0.2, 0.25) is 0 Å². The van der Waals surface area contributed by atoms with E-state index in [1.54, 1.807) is 46.3 Å². The van der Waals surface area contributed by atoms with Crippen molar-refractivity contribution in [2.45, 2.75) is 13.8 Å². The van der Waals surface area contributed by atoms with Gasteiger partial charge in [-0.25, -0.2) is 9.97 Å². The highest BCUT2D eigenvalue weighted by Crippen LogP contribution is 2.29. The Bertz CT molecular complexity index is 651. The maximum absolute atomic E-state index is 12.4. The molecule has 1 aromatic heterocycles. The van der Waals surface area contributed by atoms with E-state index in [2.05, 4.69) is 15.3 Å². The fourth-order valence-electron chi connectivity index (χ4n) is 2.02. The van der Waals surface area contributed by atoms with Crippen molar-refractivity contribution < 1.29 is 14.3 Å². The Labute approximate surface area is 123 Å². The number of nitrogens with zero attached hydrogens (tertiary/aromatic N) is 2. The zero-order chi connectivity index (χ0) is 15.4. The molecule has 0 radical (unpaired) electrons. The van der Waals surface area contributed by atoms with Gasteiger partial charge in [0.25, 0.3) is 5.91 Å². The molecule has 0 aliphatic carbocycles. The summed E-state index contributed by atoms with van der Waals surface area (Å²) < 4.78 is 10.4. The van der Waals surface area contributed by atoms with Crippen molar-refractivity contribution >= 4 is 11.6 Å². The van der Waals surface area contributed by atoms with Gasteiger partial charge < -0.3 is 14.8 Å². The molecule has 0 spiro atoms. The molecule has 0 saturated carbocycles. The second-order valence-electron chi connectivity index (χ2n) is 4.44. The molecule has 0 fully saturated rings. The van der Waals surface area contributed by atoms with Crippen LogP contribution in [-0.4, -0.2) is 30.1 Å². The molecule has 1 N–H and O–H groups in total. The fourth-order valence-corrected chi connectivity index (χ4v) is 2.02. The van der Waals surface area contributed by atoms with Gasteiger partial charge >= 0.3 is 0 Å². The largest absolute Gasteiger partial charge is 0.497 e. The van der Waals surface area contributed by atoms with Crippen LogP contribution in [0.3, 0.4) is 0 Å². The van der Waals surface area contributed by atoms with Gasteiger partial charge in [-0.15, -0.1) is 0 Å². The van der Waals surface area contributed by atoms with Crippen LogP contribution in [0.5, 0.6) is 11.5 Å². The smallest absolute Gasteiger partial charge is 0.259 e. The van der Waals surface area contributed by atoms with Gasteiger partial charge in [0, 0.05) is 6.07 Å². The van der Waals surface area contributed by atoms with Gasteiger partial charge in [-0.1, -0.05) is 0 Å². The molecule has 6 heteroatoms. The molecule has 0 bridgehead atoms. The van der Waals surface area contributed by atoms with E-state index < -0.39 is 0 Å². The van der Waals surface area contributed by atoms with Crippen molar-refractivity contribution in [1.82, 2.24) is 9.97 Å². The Kier molecular flexibility index (Phi) is 4.37. The molecule has 0 aliphatic rings. The van der Waals surface area contributed by atoms with Crippen molar-refractivity contribution in [3.63, 3.8) is 0 Å². The minimum Gasteiger partial charge on any atom is -0.497 e. The van der Waals surface area contributed by atoms with Gasteiger partial charge in [-0.3, -0.25) is 4.79 Å². The van der Waals surface area contributed by atoms with E-state index in [1.807, 2.05) is 0 Å². The number of anilines is 1. The number of aromatic nitrogens is 2. The number of carbonyl (C=O) groups excluding carboxylic acids is 1. The normalized spacial score (nSPS) is 10.1. The number of methoxy groups -OCH3 is 2. The lowest BCUT2D eigenvalue weighted by atomic mass is 10.1. The molecule has 0 unspecified atom stereocenters. The summed E-state index contributed by atoms with van der Waals surface area (Å²) in [5, 5.41) is 2.81. The van der Waals surface area contributed by atoms with Crippen molar-refractivity contribution in [1.29, 1.82) is 0 Å². The highest BCUT2D eigenvalue weighted by molar-refractivity contribution is 6.06. The molecule has 6 nitrogen and oxygen atoms in total. The summed E-state index contributed by atoms with van der Waals surface area (Å²) in [5.74, 6) is 0.900.